The summed E-state index contributed by atoms with van der Waals surface area (Å²) in [5.74, 6) is 0.0518. The van der Waals surface area contributed by atoms with Gasteiger partial charge in [0.05, 0.1) is 0 Å². The van der Waals surface area contributed by atoms with Gasteiger partial charge in [-0.05, 0) is 51.6 Å². The number of nitrogens with one attached hydrogen (secondary N) is 1. The lowest BCUT2D eigenvalue weighted by Crippen LogP contribution is -2.44. The molecule has 0 spiro atoms. The average Bonchev–Trinajstić information content (AvgIpc) is 2.56. The first-order valence-electron chi connectivity index (χ1n) is 8.82. The van der Waals surface area contributed by atoms with Crippen molar-refractivity contribution in [3.8, 4) is 0 Å². The first-order chi connectivity index (χ1) is 11.1. The number of carbonyl (C=O) groups excluding carboxylic acids is 1. The van der Waals surface area contributed by atoms with E-state index in [0.29, 0.717) is 12.1 Å². The van der Waals surface area contributed by atoms with Crippen LogP contribution in [0.25, 0.3) is 0 Å². The van der Waals surface area contributed by atoms with E-state index in [1.54, 1.807) is 0 Å². The molecule has 1 aliphatic rings. The van der Waals surface area contributed by atoms with Crippen LogP contribution in [0.15, 0.2) is 30.3 Å². The highest BCUT2D eigenvalue weighted by atomic mass is 79.9. The second-order valence-corrected chi connectivity index (χ2v) is 7.55. The van der Waals surface area contributed by atoms with Crippen LogP contribution in [0.5, 0.6) is 0 Å². The molecule has 1 fully saturated rings. The zero-order valence-corrected chi connectivity index (χ0v) is 17.1. The summed E-state index contributed by atoms with van der Waals surface area (Å²) in [4.78, 5) is 14.5. The number of halogens is 2. The molecular formula is C19H30BrClN2O. The molecule has 0 bridgehead atoms. The molecular weight excluding hydrogens is 388 g/mol. The van der Waals surface area contributed by atoms with E-state index in [1.165, 1.54) is 19.3 Å². The monoisotopic (exact) mass is 416 g/mol. The van der Waals surface area contributed by atoms with Gasteiger partial charge in [-0.1, -0.05) is 52.7 Å². The highest BCUT2D eigenvalue weighted by Crippen LogP contribution is 2.23. The predicted molar refractivity (Wildman–Crippen MR) is 107 cm³/mol. The Balaban J connectivity index is 0.00000288. The number of amides is 1. The fraction of sp³-hybridized carbons (Fsp3) is 0.632. The van der Waals surface area contributed by atoms with E-state index in [-0.39, 0.29) is 23.1 Å². The number of benzene rings is 1. The molecule has 1 aromatic rings. The molecule has 1 aromatic carbocycles. The molecule has 1 aliphatic heterocycles. The molecule has 0 aliphatic carbocycles. The van der Waals surface area contributed by atoms with Gasteiger partial charge in [-0.15, -0.1) is 12.4 Å². The summed E-state index contributed by atoms with van der Waals surface area (Å²) in [6.07, 6.45) is 6.19. The van der Waals surface area contributed by atoms with Crippen molar-refractivity contribution in [1.82, 2.24) is 10.2 Å². The first kappa shape index (κ1) is 21.5. The summed E-state index contributed by atoms with van der Waals surface area (Å²) in [7, 11) is 0. The van der Waals surface area contributed by atoms with Crippen molar-refractivity contribution in [1.29, 1.82) is 0 Å². The van der Waals surface area contributed by atoms with E-state index >= 15 is 0 Å². The van der Waals surface area contributed by atoms with Crippen molar-refractivity contribution >= 4 is 34.2 Å². The van der Waals surface area contributed by atoms with E-state index in [1.807, 2.05) is 30.3 Å². The van der Waals surface area contributed by atoms with Gasteiger partial charge in [0.2, 0.25) is 5.91 Å². The number of hydrogen-bond acceptors (Lipinski definition) is 2. The molecule has 3 unspecified atom stereocenters. The predicted octanol–water partition coefficient (Wildman–Crippen LogP) is 4.70. The normalized spacial score (nSPS) is 22.5. The Morgan fingerprint density at radius 1 is 1.21 bits per heavy atom. The Morgan fingerprint density at radius 2 is 1.83 bits per heavy atom. The highest BCUT2D eigenvalue weighted by molar-refractivity contribution is 9.09. The van der Waals surface area contributed by atoms with Crippen LogP contribution < -0.4 is 5.32 Å². The topological polar surface area (TPSA) is 32.3 Å². The summed E-state index contributed by atoms with van der Waals surface area (Å²) < 4.78 is 0. The van der Waals surface area contributed by atoms with Gasteiger partial charge in [0, 0.05) is 18.6 Å². The number of carbonyl (C=O) groups is 1. The molecule has 0 saturated carbocycles. The maximum Gasteiger partial charge on any atom is 0.238 e. The molecule has 1 amide bonds. The first-order valence-corrected chi connectivity index (χ1v) is 9.73. The molecule has 1 N–H and O–H groups in total. The fourth-order valence-electron chi connectivity index (χ4n) is 3.41. The van der Waals surface area contributed by atoms with Gasteiger partial charge in [-0.2, -0.15) is 0 Å². The van der Waals surface area contributed by atoms with Crippen molar-refractivity contribution in [2.75, 3.05) is 13.1 Å². The Bertz CT molecular complexity index is 476. The Labute approximate surface area is 161 Å². The average molecular weight is 418 g/mol. The Kier molecular flexibility index (Phi) is 9.94. The van der Waals surface area contributed by atoms with Crippen molar-refractivity contribution in [3.05, 3.63) is 35.9 Å². The molecule has 1 heterocycles. The third-order valence-electron chi connectivity index (χ3n) is 4.84. The molecule has 3 atom stereocenters. The van der Waals surface area contributed by atoms with Crippen LogP contribution in [-0.2, 0) is 4.79 Å². The Morgan fingerprint density at radius 3 is 2.46 bits per heavy atom. The number of rotatable bonds is 7. The molecule has 1 saturated heterocycles. The lowest BCUT2D eigenvalue weighted by Gasteiger charge is -2.39. The largest absolute Gasteiger partial charge is 0.355 e. The van der Waals surface area contributed by atoms with Crippen LogP contribution in [0.3, 0.4) is 0 Å². The number of likely N-dealkylation sites (tertiary alicyclic amines) is 1. The lowest BCUT2D eigenvalue weighted by atomic mass is 9.97. The minimum atomic E-state index is -0.258. The second-order valence-electron chi connectivity index (χ2n) is 6.64. The number of alkyl halides is 1. The molecule has 24 heavy (non-hydrogen) atoms. The molecule has 5 heteroatoms. The van der Waals surface area contributed by atoms with Gasteiger partial charge >= 0.3 is 0 Å². The SMILES string of the molecule is CC1CCCC(C)N1CCCCNC(=O)C(Br)c1ccccc1.Cl. The van der Waals surface area contributed by atoms with Crippen LogP contribution in [0, 0.1) is 0 Å². The fourth-order valence-corrected chi connectivity index (χ4v) is 3.88. The third kappa shape index (κ3) is 6.38. The molecule has 136 valence electrons. The zero-order chi connectivity index (χ0) is 16.7. The standard InChI is InChI=1S/C19H29BrN2O.ClH/c1-15-9-8-10-16(2)22(15)14-7-6-13-21-19(23)18(20)17-11-4-3-5-12-17;/h3-5,11-12,15-16,18H,6-10,13-14H2,1-2H3,(H,21,23);1H. The summed E-state index contributed by atoms with van der Waals surface area (Å²) in [6.45, 7) is 6.58. The summed E-state index contributed by atoms with van der Waals surface area (Å²) in [5, 5.41) is 3.04. The van der Waals surface area contributed by atoms with E-state index in [4.69, 9.17) is 0 Å². The van der Waals surface area contributed by atoms with Crippen molar-refractivity contribution in [2.45, 2.75) is 62.9 Å². The van der Waals surface area contributed by atoms with E-state index in [9.17, 15) is 4.79 Å². The maximum atomic E-state index is 12.1. The van der Waals surface area contributed by atoms with E-state index in [2.05, 4.69) is 40.0 Å². The number of hydrogen-bond donors (Lipinski definition) is 1. The van der Waals surface area contributed by atoms with Gasteiger partial charge in [-0.3, -0.25) is 9.69 Å². The van der Waals surface area contributed by atoms with Crippen LogP contribution in [0.1, 0.15) is 56.3 Å². The minimum Gasteiger partial charge on any atom is -0.355 e. The summed E-state index contributed by atoms with van der Waals surface area (Å²) >= 11 is 3.48. The van der Waals surface area contributed by atoms with Gasteiger partial charge in [0.15, 0.2) is 0 Å². The molecule has 0 radical (unpaired) electrons. The van der Waals surface area contributed by atoms with Crippen molar-refractivity contribution < 1.29 is 4.79 Å². The highest BCUT2D eigenvalue weighted by Gasteiger charge is 2.23. The number of piperidine rings is 1. The number of unbranched alkanes of at least 4 members (excludes halogenated alkanes) is 1. The Hall–Kier alpha value is -0.580. The smallest absolute Gasteiger partial charge is 0.238 e. The van der Waals surface area contributed by atoms with Gasteiger partial charge in [0.1, 0.15) is 4.83 Å². The zero-order valence-electron chi connectivity index (χ0n) is 14.7. The van der Waals surface area contributed by atoms with E-state index < -0.39 is 0 Å². The number of nitrogens with zero attached hydrogens (tertiary/aromatic N) is 1. The quantitative estimate of drug-likeness (QED) is 0.515. The van der Waals surface area contributed by atoms with Crippen LogP contribution >= 0.6 is 28.3 Å². The van der Waals surface area contributed by atoms with Crippen LogP contribution in [0.4, 0.5) is 0 Å². The lowest BCUT2D eigenvalue weighted by molar-refractivity contribution is -0.120. The third-order valence-corrected chi connectivity index (χ3v) is 5.79. The maximum absolute atomic E-state index is 12.1. The second kappa shape index (κ2) is 11.1. The van der Waals surface area contributed by atoms with Crippen LogP contribution in [0.2, 0.25) is 0 Å². The summed E-state index contributed by atoms with van der Waals surface area (Å²) in [5.41, 5.74) is 1.00. The van der Waals surface area contributed by atoms with Crippen molar-refractivity contribution in [2.24, 2.45) is 0 Å². The molecule has 3 nitrogen and oxygen atoms in total. The van der Waals surface area contributed by atoms with E-state index in [0.717, 1.165) is 31.5 Å². The van der Waals surface area contributed by atoms with Crippen LogP contribution in [-0.4, -0.2) is 36.0 Å². The van der Waals surface area contributed by atoms with Crippen molar-refractivity contribution in [3.63, 3.8) is 0 Å². The molecule has 0 aromatic heterocycles. The van der Waals surface area contributed by atoms with Gasteiger partial charge < -0.3 is 5.32 Å². The minimum absolute atomic E-state index is 0. The summed E-state index contributed by atoms with van der Waals surface area (Å²) in [6, 6.07) is 11.2. The van der Waals surface area contributed by atoms with Gasteiger partial charge in [-0.25, -0.2) is 0 Å². The molecule has 2 rings (SSSR count). The van der Waals surface area contributed by atoms with Gasteiger partial charge in [0.25, 0.3) is 0 Å².